The molecule has 5 aromatic rings. The van der Waals surface area contributed by atoms with Gasteiger partial charge < -0.3 is 15.7 Å². The van der Waals surface area contributed by atoms with E-state index in [-0.39, 0.29) is 11.2 Å². The SMILES string of the molecule is CC(C)(C)c1cc(Nc2cccc3cccnc23)c(O)c(Nc2cccc3cccnc23)c1. The van der Waals surface area contributed by atoms with Crippen LogP contribution in [-0.2, 0) is 5.41 Å². The lowest BCUT2D eigenvalue weighted by molar-refractivity contribution is 0.479. The van der Waals surface area contributed by atoms with Gasteiger partial charge in [0, 0.05) is 23.2 Å². The van der Waals surface area contributed by atoms with Crippen LogP contribution in [0.15, 0.2) is 85.2 Å². The van der Waals surface area contributed by atoms with Gasteiger partial charge in [-0.3, -0.25) is 9.97 Å². The molecule has 0 fully saturated rings. The molecule has 164 valence electrons. The molecule has 0 amide bonds. The van der Waals surface area contributed by atoms with E-state index in [9.17, 15) is 5.11 Å². The molecule has 0 atom stereocenters. The van der Waals surface area contributed by atoms with Crippen LogP contribution in [0.25, 0.3) is 21.8 Å². The van der Waals surface area contributed by atoms with Crippen LogP contribution in [0.2, 0.25) is 0 Å². The Balaban J connectivity index is 1.62. The lowest BCUT2D eigenvalue weighted by atomic mass is 9.86. The van der Waals surface area contributed by atoms with Crippen molar-refractivity contribution in [3.63, 3.8) is 0 Å². The van der Waals surface area contributed by atoms with Gasteiger partial charge in [0.15, 0.2) is 5.75 Å². The van der Waals surface area contributed by atoms with Gasteiger partial charge in [-0.2, -0.15) is 0 Å². The molecule has 0 bridgehead atoms. The molecule has 2 heterocycles. The highest BCUT2D eigenvalue weighted by Gasteiger charge is 2.20. The number of aromatic nitrogens is 2. The van der Waals surface area contributed by atoms with Crippen LogP contribution in [0.4, 0.5) is 22.7 Å². The Kier molecular flexibility index (Phi) is 5.09. The second-order valence-electron chi connectivity index (χ2n) is 9.18. The molecular weight excluding hydrogens is 408 g/mol. The van der Waals surface area contributed by atoms with Crippen molar-refractivity contribution in [1.82, 2.24) is 9.97 Å². The summed E-state index contributed by atoms with van der Waals surface area (Å²) in [6.07, 6.45) is 3.55. The number of anilines is 4. The van der Waals surface area contributed by atoms with E-state index in [0.717, 1.165) is 38.7 Å². The standard InChI is InChI=1S/C28H26N4O/c1-28(2,3)20-16-23(31-21-12-4-8-18-10-6-14-29-25(18)21)27(33)24(17-20)32-22-13-5-9-19-11-7-15-30-26(19)22/h4-17,31-33H,1-3H3. The van der Waals surface area contributed by atoms with Crippen LogP contribution >= 0.6 is 0 Å². The van der Waals surface area contributed by atoms with Crippen molar-refractivity contribution in [3.05, 3.63) is 90.8 Å². The predicted molar refractivity (Wildman–Crippen MR) is 137 cm³/mol. The fourth-order valence-electron chi connectivity index (χ4n) is 3.96. The molecule has 0 aliphatic carbocycles. The number of hydrogen-bond acceptors (Lipinski definition) is 5. The van der Waals surface area contributed by atoms with E-state index in [2.05, 4.69) is 41.4 Å². The summed E-state index contributed by atoms with van der Waals surface area (Å²) >= 11 is 0. The van der Waals surface area contributed by atoms with Crippen molar-refractivity contribution >= 4 is 44.6 Å². The lowest BCUT2D eigenvalue weighted by Crippen LogP contribution is -2.12. The third-order valence-electron chi connectivity index (χ3n) is 5.78. The summed E-state index contributed by atoms with van der Waals surface area (Å²) in [6, 6.07) is 23.9. The average Bonchev–Trinajstić information content (AvgIpc) is 2.81. The van der Waals surface area contributed by atoms with Gasteiger partial charge in [-0.05, 0) is 47.4 Å². The number of aromatic hydroxyl groups is 1. The highest BCUT2D eigenvalue weighted by Crippen LogP contribution is 2.41. The largest absolute Gasteiger partial charge is 0.504 e. The molecule has 5 nitrogen and oxygen atoms in total. The molecule has 3 N–H and O–H groups in total. The first-order valence-electron chi connectivity index (χ1n) is 11.0. The summed E-state index contributed by atoms with van der Waals surface area (Å²) < 4.78 is 0. The van der Waals surface area contributed by atoms with Gasteiger partial charge in [0.05, 0.1) is 33.8 Å². The Labute approximate surface area is 193 Å². The zero-order valence-electron chi connectivity index (χ0n) is 18.9. The minimum absolute atomic E-state index is 0.116. The van der Waals surface area contributed by atoms with Gasteiger partial charge in [0.25, 0.3) is 0 Å². The van der Waals surface area contributed by atoms with Crippen molar-refractivity contribution in [3.8, 4) is 5.75 Å². The second-order valence-corrected chi connectivity index (χ2v) is 9.18. The fourth-order valence-corrected chi connectivity index (χ4v) is 3.96. The van der Waals surface area contributed by atoms with Gasteiger partial charge in [0.1, 0.15) is 0 Å². The maximum atomic E-state index is 11.3. The molecule has 0 aliphatic rings. The molecule has 0 aliphatic heterocycles. The summed E-state index contributed by atoms with van der Waals surface area (Å²) in [7, 11) is 0. The number of phenolic OH excluding ortho intramolecular Hbond substituents is 1. The Hall–Kier alpha value is -4.12. The van der Waals surface area contributed by atoms with Gasteiger partial charge in [0.2, 0.25) is 0 Å². The van der Waals surface area contributed by atoms with Gasteiger partial charge >= 0.3 is 0 Å². The molecule has 0 saturated heterocycles. The number of nitrogens with zero attached hydrogens (tertiary/aromatic N) is 2. The van der Waals surface area contributed by atoms with Crippen LogP contribution < -0.4 is 10.6 Å². The van der Waals surface area contributed by atoms with E-state index in [4.69, 9.17) is 0 Å². The van der Waals surface area contributed by atoms with Gasteiger partial charge in [-0.1, -0.05) is 57.2 Å². The highest BCUT2D eigenvalue weighted by molar-refractivity contribution is 5.95. The third-order valence-corrected chi connectivity index (χ3v) is 5.78. The quantitative estimate of drug-likeness (QED) is 0.259. The van der Waals surface area contributed by atoms with Gasteiger partial charge in [-0.25, -0.2) is 0 Å². The van der Waals surface area contributed by atoms with Crippen molar-refractivity contribution in [2.45, 2.75) is 26.2 Å². The van der Waals surface area contributed by atoms with Gasteiger partial charge in [-0.15, -0.1) is 0 Å². The monoisotopic (exact) mass is 434 g/mol. The average molecular weight is 435 g/mol. The lowest BCUT2D eigenvalue weighted by Gasteiger charge is -2.23. The van der Waals surface area contributed by atoms with E-state index < -0.39 is 0 Å². The Morgan fingerprint density at radius 1 is 0.636 bits per heavy atom. The molecular formula is C28H26N4O. The Morgan fingerprint density at radius 2 is 1.09 bits per heavy atom. The highest BCUT2D eigenvalue weighted by atomic mass is 16.3. The van der Waals surface area contributed by atoms with Crippen molar-refractivity contribution in [2.75, 3.05) is 10.6 Å². The molecule has 3 aromatic carbocycles. The first-order valence-corrected chi connectivity index (χ1v) is 11.0. The fraction of sp³-hybridized carbons (Fsp3) is 0.143. The van der Waals surface area contributed by atoms with Crippen molar-refractivity contribution in [2.24, 2.45) is 0 Å². The van der Waals surface area contributed by atoms with Crippen LogP contribution in [0.1, 0.15) is 26.3 Å². The number of fused-ring (bicyclic) bond motifs is 2. The topological polar surface area (TPSA) is 70.1 Å². The number of para-hydroxylation sites is 2. The molecule has 0 radical (unpaired) electrons. The van der Waals surface area contributed by atoms with Crippen LogP contribution in [0, 0.1) is 0 Å². The smallest absolute Gasteiger partial charge is 0.162 e. The zero-order chi connectivity index (χ0) is 23.0. The van der Waals surface area contributed by atoms with Crippen molar-refractivity contribution < 1.29 is 5.11 Å². The second kappa shape index (κ2) is 8.10. The molecule has 0 unspecified atom stereocenters. The van der Waals surface area contributed by atoms with E-state index >= 15 is 0 Å². The number of nitrogens with one attached hydrogen (secondary N) is 2. The summed E-state index contributed by atoms with van der Waals surface area (Å²) in [5, 5.41) is 20.2. The first-order chi connectivity index (χ1) is 15.9. The zero-order valence-corrected chi connectivity index (χ0v) is 18.9. The summed E-state index contributed by atoms with van der Waals surface area (Å²) in [4.78, 5) is 9.07. The van der Waals surface area contributed by atoms with E-state index in [0.29, 0.717) is 11.4 Å². The van der Waals surface area contributed by atoms with Crippen molar-refractivity contribution in [1.29, 1.82) is 0 Å². The summed E-state index contributed by atoms with van der Waals surface area (Å²) in [6.45, 7) is 6.48. The maximum absolute atomic E-state index is 11.3. The maximum Gasteiger partial charge on any atom is 0.162 e. The number of benzene rings is 3. The van der Waals surface area contributed by atoms with E-state index in [1.54, 1.807) is 12.4 Å². The number of hydrogen-bond donors (Lipinski definition) is 3. The van der Waals surface area contributed by atoms with Crippen LogP contribution in [0.5, 0.6) is 5.75 Å². The number of pyridine rings is 2. The molecule has 0 spiro atoms. The Bertz CT molecular complexity index is 1360. The molecule has 33 heavy (non-hydrogen) atoms. The third kappa shape index (κ3) is 4.05. The Morgan fingerprint density at radius 3 is 1.55 bits per heavy atom. The number of phenols is 1. The molecule has 2 aromatic heterocycles. The molecule has 5 rings (SSSR count). The number of rotatable bonds is 4. The summed E-state index contributed by atoms with van der Waals surface area (Å²) in [5.74, 6) is 0.142. The normalized spacial score (nSPS) is 11.6. The van der Waals surface area contributed by atoms with E-state index in [1.807, 2.05) is 72.8 Å². The predicted octanol–water partition coefficient (Wildman–Crippen LogP) is 7.27. The van der Waals surface area contributed by atoms with E-state index in [1.165, 1.54) is 0 Å². The summed E-state index contributed by atoms with van der Waals surface area (Å²) in [5.41, 5.74) is 5.61. The minimum atomic E-state index is -0.116. The van der Waals surface area contributed by atoms with Crippen LogP contribution in [0.3, 0.4) is 0 Å². The molecule has 0 saturated carbocycles. The first kappa shape index (κ1) is 20.8. The van der Waals surface area contributed by atoms with Crippen LogP contribution in [-0.4, -0.2) is 15.1 Å². The molecule has 5 heteroatoms. The minimum Gasteiger partial charge on any atom is -0.504 e.